The van der Waals surface area contributed by atoms with Crippen LogP contribution in [0, 0.1) is 0 Å². The highest BCUT2D eigenvalue weighted by Crippen LogP contribution is 2.28. The van der Waals surface area contributed by atoms with Crippen LogP contribution in [0.15, 0.2) is 58.0 Å². The summed E-state index contributed by atoms with van der Waals surface area (Å²) in [6.07, 6.45) is 18.3. The van der Waals surface area contributed by atoms with E-state index in [2.05, 4.69) is 12.2 Å². The quantitative estimate of drug-likeness (QED) is 0.0671. The third-order valence-electron chi connectivity index (χ3n) is 7.14. The maximum atomic E-state index is 12.2. The predicted molar refractivity (Wildman–Crippen MR) is 148 cm³/mol. The fourth-order valence-electron chi connectivity index (χ4n) is 4.79. The van der Waals surface area contributed by atoms with Crippen molar-refractivity contribution in [2.45, 2.75) is 96.8 Å². The summed E-state index contributed by atoms with van der Waals surface area (Å²) in [5.41, 5.74) is 0.713. The lowest BCUT2D eigenvalue weighted by Crippen LogP contribution is -2.26. The lowest BCUT2D eigenvalue weighted by molar-refractivity contribution is -0.134. The van der Waals surface area contributed by atoms with Gasteiger partial charge in [-0.1, -0.05) is 50.7 Å². The second-order valence-electron chi connectivity index (χ2n) is 9.96. The number of carbonyl (C=O) groups is 4. The summed E-state index contributed by atoms with van der Waals surface area (Å²) in [4.78, 5) is 48.2. The standard InChI is InChI=1S/C31H42O8/c1-21-26(33)23(28(35)30(37)31(21)39-3)19-17-15-13-11-9-7-5-4-6-8-10-12-14-16-18-22-24(32)20-25(38-2)29(36)27(22)34/h4-5,20,33-34H,6-19H2,1-3H3. The molecule has 0 atom stereocenters. The Morgan fingerprint density at radius 1 is 0.641 bits per heavy atom. The first-order chi connectivity index (χ1) is 18.7. The van der Waals surface area contributed by atoms with Gasteiger partial charge in [-0.15, -0.1) is 0 Å². The SMILES string of the molecule is COC1=CC(=O)C(CCCCCCCC=CCCCCCCCC2=C(O)C(C)=C(OC)C(=O)C2=O)=C(O)C1=O. The highest BCUT2D eigenvalue weighted by Gasteiger charge is 2.33. The molecule has 0 radical (unpaired) electrons. The number of aliphatic hydroxyl groups excluding tert-OH is 2. The summed E-state index contributed by atoms with van der Waals surface area (Å²) in [5, 5.41) is 20.2. The lowest BCUT2D eigenvalue weighted by atomic mass is 9.90. The molecule has 0 fully saturated rings. The van der Waals surface area contributed by atoms with E-state index < -0.39 is 23.1 Å². The van der Waals surface area contributed by atoms with Crippen molar-refractivity contribution in [3.8, 4) is 0 Å². The zero-order valence-electron chi connectivity index (χ0n) is 23.5. The molecule has 8 nitrogen and oxygen atoms in total. The fourth-order valence-corrected chi connectivity index (χ4v) is 4.79. The number of aliphatic hydroxyl groups is 2. The van der Waals surface area contributed by atoms with Crippen LogP contribution in [-0.4, -0.2) is 47.6 Å². The van der Waals surface area contributed by atoms with Gasteiger partial charge in [0.25, 0.3) is 11.6 Å². The Morgan fingerprint density at radius 3 is 1.69 bits per heavy atom. The minimum atomic E-state index is -0.681. The van der Waals surface area contributed by atoms with Crippen molar-refractivity contribution in [3.63, 3.8) is 0 Å². The summed E-state index contributed by atoms with van der Waals surface area (Å²) < 4.78 is 9.77. The molecule has 8 heteroatoms. The van der Waals surface area contributed by atoms with Gasteiger partial charge in [0, 0.05) is 22.8 Å². The number of carbonyl (C=O) groups excluding carboxylic acids is 4. The van der Waals surface area contributed by atoms with E-state index in [1.165, 1.54) is 14.2 Å². The van der Waals surface area contributed by atoms with E-state index >= 15 is 0 Å². The molecule has 0 heterocycles. The van der Waals surface area contributed by atoms with Gasteiger partial charge in [-0.05, 0) is 58.3 Å². The van der Waals surface area contributed by atoms with Crippen LogP contribution in [0.25, 0.3) is 0 Å². The van der Waals surface area contributed by atoms with Crippen molar-refractivity contribution in [1.29, 1.82) is 0 Å². The summed E-state index contributed by atoms with van der Waals surface area (Å²) in [5.74, 6) is -3.11. The Balaban J connectivity index is 1.47. The van der Waals surface area contributed by atoms with Crippen molar-refractivity contribution < 1.29 is 38.9 Å². The Hall–Kier alpha value is -3.42. The number of hydrogen-bond acceptors (Lipinski definition) is 8. The van der Waals surface area contributed by atoms with Crippen molar-refractivity contribution in [1.82, 2.24) is 0 Å². The molecule has 2 N–H and O–H groups in total. The van der Waals surface area contributed by atoms with Gasteiger partial charge in [0.1, 0.15) is 5.76 Å². The molecule has 0 amide bonds. The summed E-state index contributed by atoms with van der Waals surface area (Å²) in [7, 11) is 2.62. The first kappa shape index (κ1) is 31.8. The van der Waals surface area contributed by atoms with Crippen LogP contribution in [0.4, 0.5) is 0 Å². The summed E-state index contributed by atoms with van der Waals surface area (Å²) in [6.45, 7) is 1.58. The van der Waals surface area contributed by atoms with Crippen molar-refractivity contribution >= 4 is 23.1 Å². The highest BCUT2D eigenvalue weighted by molar-refractivity contribution is 6.49. The van der Waals surface area contributed by atoms with E-state index in [9.17, 15) is 29.4 Å². The molecule has 0 saturated heterocycles. The van der Waals surface area contributed by atoms with Gasteiger partial charge in [0.15, 0.2) is 23.1 Å². The molecule has 2 rings (SSSR count). The van der Waals surface area contributed by atoms with Crippen LogP contribution in [0.3, 0.4) is 0 Å². The van der Waals surface area contributed by atoms with Crippen LogP contribution < -0.4 is 0 Å². The van der Waals surface area contributed by atoms with Crippen molar-refractivity contribution in [3.05, 3.63) is 58.0 Å². The molecule has 39 heavy (non-hydrogen) atoms. The van der Waals surface area contributed by atoms with Gasteiger partial charge in [0.05, 0.1) is 14.2 Å². The number of rotatable bonds is 18. The van der Waals surface area contributed by atoms with Gasteiger partial charge < -0.3 is 19.7 Å². The zero-order chi connectivity index (χ0) is 28.8. The molecule has 0 aromatic heterocycles. The van der Waals surface area contributed by atoms with Crippen LogP contribution in [0.1, 0.15) is 96.8 Å². The van der Waals surface area contributed by atoms with Gasteiger partial charge in [0.2, 0.25) is 5.78 Å². The monoisotopic (exact) mass is 542 g/mol. The minimum Gasteiger partial charge on any atom is -0.507 e. The maximum absolute atomic E-state index is 12.2. The molecule has 214 valence electrons. The molecule has 0 saturated carbocycles. The average molecular weight is 543 g/mol. The Labute approximate surface area is 231 Å². The number of allylic oxidation sites excluding steroid dienone is 7. The second kappa shape index (κ2) is 16.5. The molecule has 0 aromatic carbocycles. The van der Waals surface area contributed by atoms with E-state index in [-0.39, 0.29) is 34.2 Å². The molecular weight excluding hydrogens is 500 g/mol. The van der Waals surface area contributed by atoms with Gasteiger partial charge in [-0.3, -0.25) is 19.2 Å². The average Bonchev–Trinajstić information content (AvgIpc) is 2.92. The number of methoxy groups -OCH3 is 2. The summed E-state index contributed by atoms with van der Waals surface area (Å²) in [6, 6.07) is 0. The molecule has 2 aliphatic rings. The van der Waals surface area contributed by atoms with E-state index in [0.717, 1.165) is 83.1 Å². The largest absolute Gasteiger partial charge is 0.507 e. The Kier molecular flexibility index (Phi) is 13.5. The number of ketones is 4. The third-order valence-corrected chi connectivity index (χ3v) is 7.14. The lowest BCUT2D eigenvalue weighted by Gasteiger charge is -2.18. The van der Waals surface area contributed by atoms with Crippen LogP contribution in [0.2, 0.25) is 0 Å². The maximum Gasteiger partial charge on any atom is 0.268 e. The van der Waals surface area contributed by atoms with Crippen molar-refractivity contribution in [2.75, 3.05) is 14.2 Å². The number of hydrogen-bond donors (Lipinski definition) is 2. The molecule has 2 aliphatic carbocycles. The third kappa shape index (κ3) is 9.08. The minimum absolute atomic E-state index is 0.0718. The van der Waals surface area contributed by atoms with Crippen LogP contribution in [-0.2, 0) is 28.7 Å². The first-order valence-corrected chi connectivity index (χ1v) is 13.9. The normalized spacial score (nSPS) is 16.6. The Bertz CT molecular complexity index is 1080. The van der Waals surface area contributed by atoms with Crippen LogP contribution >= 0.6 is 0 Å². The number of ether oxygens (including phenoxy) is 2. The number of Topliss-reactive ketones (excluding diaryl/α,β-unsaturated/α-hetero) is 3. The fraction of sp³-hybridized carbons (Fsp3) is 0.548. The van der Waals surface area contributed by atoms with Gasteiger partial charge in [-0.2, -0.15) is 0 Å². The van der Waals surface area contributed by atoms with E-state index in [4.69, 9.17) is 9.47 Å². The smallest absolute Gasteiger partial charge is 0.268 e. The van der Waals surface area contributed by atoms with Gasteiger partial charge >= 0.3 is 0 Å². The second-order valence-corrected chi connectivity index (χ2v) is 9.96. The van der Waals surface area contributed by atoms with E-state index in [0.29, 0.717) is 18.4 Å². The Morgan fingerprint density at radius 2 is 1.15 bits per heavy atom. The van der Waals surface area contributed by atoms with Crippen molar-refractivity contribution in [2.24, 2.45) is 0 Å². The molecule has 0 spiro atoms. The topological polar surface area (TPSA) is 127 Å². The van der Waals surface area contributed by atoms with Crippen LogP contribution in [0.5, 0.6) is 0 Å². The molecule has 0 aromatic rings. The molecule has 0 bridgehead atoms. The molecular formula is C31H42O8. The molecule has 0 aliphatic heterocycles. The highest BCUT2D eigenvalue weighted by atomic mass is 16.5. The van der Waals surface area contributed by atoms with E-state index in [1.54, 1.807) is 6.92 Å². The first-order valence-electron chi connectivity index (χ1n) is 13.9. The number of unbranched alkanes of at least 4 members (excludes halogenated alkanes) is 10. The van der Waals surface area contributed by atoms with Gasteiger partial charge in [-0.25, -0.2) is 0 Å². The van der Waals surface area contributed by atoms with E-state index in [1.807, 2.05) is 0 Å². The summed E-state index contributed by atoms with van der Waals surface area (Å²) >= 11 is 0. The molecule has 0 unspecified atom stereocenters. The predicted octanol–water partition coefficient (Wildman–Crippen LogP) is 6.38. The zero-order valence-corrected chi connectivity index (χ0v) is 23.5.